The molecule has 168 valence electrons. The Morgan fingerprint density at radius 3 is 2.41 bits per heavy atom. The van der Waals surface area contributed by atoms with E-state index in [0.29, 0.717) is 13.2 Å². The van der Waals surface area contributed by atoms with E-state index in [1.54, 1.807) is 11.2 Å². The Kier molecular flexibility index (Phi) is 6.54. The minimum atomic E-state index is -0.496. The molecule has 2 atom stereocenters. The van der Waals surface area contributed by atoms with Crippen molar-refractivity contribution in [1.82, 2.24) is 4.90 Å². The van der Waals surface area contributed by atoms with Gasteiger partial charge >= 0.3 is 6.09 Å². The number of ether oxygens (including phenoxy) is 2. The first-order valence-electron chi connectivity index (χ1n) is 11.2. The van der Waals surface area contributed by atoms with Gasteiger partial charge in [-0.05, 0) is 69.0 Å². The highest BCUT2D eigenvalue weighted by atomic mass is 16.6. The number of likely N-dealkylation sites (tertiary alicyclic amines) is 1. The summed E-state index contributed by atoms with van der Waals surface area (Å²) in [6.07, 6.45) is 3.34. The van der Waals surface area contributed by atoms with Gasteiger partial charge in [0.05, 0.1) is 18.2 Å². The molecule has 0 radical (unpaired) electrons. The number of carbonyl (C=O) groups excluding carboxylic acids is 1. The van der Waals surface area contributed by atoms with Gasteiger partial charge in [-0.15, -0.1) is 0 Å². The molecule has 0 spiro atoms. The van der Waals surface area contributed by atoms with Crippen LogP contribution in [0.3, 0.4) is 0 Å². The number of carbonyl (C=O) groups is 1. The maximum Gasteiger partial charge on any atom is 0.410 e. The SMILES string of the molecule is CC(C)(C)OC(=O)N1CCCC1COc1ccc(C(c2ccccc2)c2ccco2)cc1. The number of hydrogen-bond donors (Lipinski definition) is 0. The first kappa shape index (κ1) is 22.0. The van der Waals surface area contributed by atoms with Crippen molar-refractivity contribution in [1.29, 1.82) is 0 Å². The normalized spacial score (nSPS) is 17.2. The molecule has 0 N–H and O–H groups in total. The van der Waals surface area contributed by atoms with E-state index in [4.69, 9.17) is 13.9 Å². The van der Waals surface area contributed by atoms with E-state index in [9.17, 15) is 4.79 Å². The Morgan fingerprint density at radius 1 is 1.03 bits per heavy atom. The molecule has 1 aliphatic rings. The van der Waals surface area contributed by atoms with Crippen LogP contribution < -0.4 is 4.74 Å². The van der Waals surface area contributed by atoms with Crippen molar-refractivity contribution in [2.45, 2.75) is 51.2 Å². The third kappa shape index (κ3) is 5.34. The van der Waals surface area contributed by atoms with Crippen molar-refractivity contribution >= 4 is 6.09 Å². The number of nitrogens with zero attached hydrogens (tertiary/aromatic N) is 1. The molecule has 2 heterocycles. The fraction of sp³-hybridized carbons (Fsp3) is 0.370. The third-order valence-corrected chi connectivity index (χ3v) is 5.62. The maximum absolute atomic E-state index is 12.5. The summed E-state index contributed by atoms with van der Waals surface area (Å²) < 4.78 is 17.3. The third-order valence-electron chi connectivity index (χ3n) is 5.62. The molecular weight excluding hydrogens is 402 g/mol. The van der Waals surface area contributed by atoms with Crippen LogP contribution in [-0.4, -0.2) is 35.8 Å². The van der Waals surface area contributed by atoms with E-state index in [1.165, 1.54) is 5.56 Å². The number of furan rings is 1. The molecule has 0 bridgehead atoms. The molecule has 2 unspecified atom stereocenters. The topological polar surface area (TPSA) is 51.9 Å². The summed E-state index contributed by atoms with van der Waals surface area (Å²) in [7, 11) is 0. The van der Waals surface area contributed by atoms with Crippen LogP contribution in [-0.2, 0) is 4.74 Å². The Bertz CT molecular complexity index is 990. The minimum absolute atomic E-state index is 0.0257. The molecule has 1 amide bonds. The molecule has 1 aromatic heterocycles. The Balaban J connectivity index is 1.43. The van der Waals surface area contributed by atoms with E-state index < -0.39 is 5.60 Å². The van der Waals surface area contributed by atoms with Crippen LogP contribution in [0, 0.1) is 0 Å². The van der Waals surface area contributed by atoms with Gasteiger partial charge in [-0.2, -0.15) is 0 Å². The summed E-state index contributed by atoms with van der Waals surface area (Å²) in [5.41, 5.74) is 1.81. The van der Waals surface area contributed by atoms with Crippen molar-refractivity contribution in [3.05, 3.63) is 89.9 Å². The lowest BCUT2D eigenvalue weighted by Gasteiger charge is -2.28. The highest BCUT2D eigenvalue weighted by molar-refractivity contribution is 5.69. The van der Waals surface area contributed by atoms with Crippen LogP contribution in [0.1, 0.15) is 56.4 Å². The lowest BCUT2D eigenvalue weighted by Crippen LogP contribution is -2.42. The quantitative estimate of drug-likeness (QED) is 0.462. The first-order chi connectivity index (χ1) is 15.4. The zero-order valence-electron chi connectivity index (χ0n) is 19.0. The molecule has 3 aromatic rings. The number of benzene rings is 2. The Labute approximate surface area is 189 Å². The van der Waals surface area contributed by atoms with Crippen molar-refractivity contribution in [2.75, 3.05) is 13.2 Å². The van der Waals surface area contributed by atoms with Crippen molar-refractivity contribution in [3.63, 3.8) is 0 Å². The lowest BCUT2D eigenvalue weighted by molar-refractivity contribution is 0.0187. The average molecular weight is 434 g/mol. The molecule has 2 aromatic carbocycles. The zero-order chi connectivity index (χ0) is 22.6. The molecule has 0 saturated carbocycles. The van der Waals surface area contributed by atoms with E-state index in [0.717, 1.165) is 29.9 Å². The number of rotatable bonds is 6. The van der Waals surface area contributed by atoms with E-state index >= 15 is 0 Å². The fourth-order valence-corrected chi connectivity index (χ4v) is 4.14. The van der Waals surface area contributed by atoms with Crippen LogP contribution in [0.25, 0.3) is 0 Å². The fourth-order valence-electron chi connectivity index (χ4n) is 4.14. The number of hydrogen-bond acceptors (Lipinski definition) is 4. The van der Waals surface area contributed by atoms with Crippen LogP contribution in [0.4, 0.5) is 4.79 Å². The Morgan fingerprint density at radius 2 is 1.75 bits per heavy atom. The summed E-state index contributed by atoms with van der Waals surface area (Å²) in [5.74, 6) is 1.72. The van der Waals surface area contributed by atoms with Gasteiger partial charge in [0, 0.05) is 6.54 Å². The van der Waals surface area contributed by atoms with Crippen LogP contribution in [0.5, 0.6) is 5.75 Å². The van der Waals surface area contributed by atoms with E-state index in [-0.39, 0.29) is 18.1 Å². The molecule has 1 fully saturated rings. The van der Waals surface area contributed by atoms with Gasteiger partial charge in [-0.25, -0.2) is 4.79 Å². The summed E-state index contributed by atoms with van der Waals surface area (Å²) in [6, 6.07) is 22.4. The van der Waals surface area contributed by atoms with Crippen LogP contribution >= 0.6 is 0 Å². The molecule has 32 heavy (non-hydrogen) atoms. The summed E-state index contributed by atoms with van der Waals surface area (Å²) in [6.45, 7) is 6.83. The van der Waals surface area contributed by atoms with E-state index in [1.807, 2.05) is 63.2 Å². The second-order valence-electron chi connectivity index (χ2n) is 9.21. The standard InChI is InChI=1S/C27H31NO4/c1-27(2,3)32-26(29)28-17-7-11-22(28)19-31-23-15-13-21(14-16-23)25(24-12-8-18-30-24)20-9-5-4-6-10-20/h4-6,8-10,12-16,18,22,25H,7,11,17,19H2,1-3H3. The summed E-state index contributed by atoms with van der Waals surface area (Å²) >= 11 is 0. The second kappa shape index (κ2) is 9.51. The van der Waals surface area contributed by atoms with Gasteiger partial charge < -0.3 is 18.8 Å². The van der Waals surface area contributed by atoms with Gasteiger partial charge in [0.25, 0.3) is 0 Å². The lowest BCUT2D eigenvalue weighted by atomic mass is 9.89. The highest BCUT2D eigenvalue weighted by Crippen LogP contribution is 2.33. The zero-order valence-corrected chi connectivity index (χ0v) is 19.0. The van der Waals surface area contributed by atoms with E-state index in [2.05, 4.69) is 24.3 Å². The van der Waals surface area contributed by atoms with Crippen molar-refractivity contribution in [3.8, 4) is 5.75 Å². The molecular formula is C27H31NO4. The molecule has 4 rings (SSSR count). The number of amides is 1. The second-order valence-corrected chi connectivity index (χ2v) is 9.21. The predicted octanol–water partition coefficient (Wildman–Crippen LogP) is 6.24. The van der Waals surface area contributed by atoms with Crippen LogP contribution in [0.2, 0.25) is 0 Å². The van der Waals surface area contributed by atoms with Gasteiger partial charge in [0.15, 0.2) is 0 Å². The molecule has 5 heteroatoms. The van der Waals surface area contributed by atoms with Gasteiger partial charge in [-0.3, -0.25) is 0 Å². The first-order valence-corrected chi connectivity index (χ1v) is 11.2. The highest BCUT2D eigenvalue weighted by Gasteiger charge is 2.32. The van der Waals surface area contributed by atoms with Gasteiger partial charge in [0.1, 0.15) is 23.7 Å². The van der Waals surface area contributed by atoms with Crippen LogP contribution in [0.15, 0.2) is 77.4 Å². The molecule has 1 aliphatic heterocycles. The largest absolute Gasteiger partial charge is 0.491 e. The summed E-state index contributed by atoms with van der Waals surface area (Å²) in [5, 5.41) is 0. The summed E-state index contributed by atoms with van der Waals surface area (Å²) in [4.78, 5) is 14.3. The van der Waals surface area contributed by atoms with Crippen molar-refractivity contribution < 1.29 is 18.7 Å². The van der Waals surface area contributed by atoms with Crippen molar-refractivity contribution in [2.24, 2.45) is 0 Å². The van der Waals surface area contributed by atoms with Gasteiger partial charge in [0.2, 0.25) is 0 Å². The predicted molar refractivity (Wildman–Crippen MR) is 124 cm³/mol. The maximum atomic E-state index is 12.5. The Hall–Kier alpha value is -3.21. The van der Waals surface area contributed by atoms with Gasteiger partial charge in [-0.1, -0.05) is 42.5 Å². The minimum Gasteiger partial charge on any atom is -0.491 e. The molecule has 0 aliphatic carbocycles. The smallest absolute Gasteiger partial charge is 0.410 e. The molecule has 5 nitrogen and oxygen atoms in total. The monoisotopic (exact) mass is 433 g/mol. The average Bonchev–Trinajstić information content (AvgIpc) is 3.45. The molecule has 1 saturated heterocycles.